The zero-order valence-electron chi connectivity index (χ0n) is 14.8. The zero-order valence-corrected chi connectivity index (χ0v) is 16.4. The summed E-state index contributed by atoms with van der Waals surface area (Å²) < 4.78 is 0. The van der Waals surface area contributed by atoms with Crippen molar-refractivity contribution in [3.63, 3.8) is 0 Å². The van der Waals surface area contributed by atoms with Crippen molar-refractivity contribution in [2.24, 2.45) is 0 Å². The van der Waals surface area contributed by atoms with Crippen LogP contribution in [0.25, 0.3) is 11.1 Å². The first-order valence-corrected chi connectivity index (χ1v) is 10.7. The van der Waals surface area contributed by atoms with E-state index >= 15 is 0 Å². The van der Waals surface area contributed by atoms with Crippen LogP contribution in [-0.2, 0) is 6.42 Å². The fourth-order valence-corrected chi connectivity index (χ4v) is 5.34. The molecule has 1 aliphatic carbocycles. The maximum absolute atomic E-state index is 2.36. The van der Waals surface area contributed by atoms with E-state index in [9.17, 15) is 0 Å². The number of rotatable bonds is 4. The van der Waals surface area contributed by atoms with Crippen LogP contribution < -0.4 is 0 Å². The lowest BCUT2D eigenvalue weighted by Crippen LogP contribution is -1.82. The number of benzene rings is 4. The van der Waals surface area contributed by atoms with Gasteiger partial charge in [0.2, 0.25) is 0 Å². The molecule has 1 aliphatic rings. The maximum atomic E-state index is 2.36. The molecule has 4 aromatic rings. The van der Waals surface area contributed by atoms with Crippen LogP contribution in [0.2, 0.25) is 0 Å². The highest BCUT2D eigenvalue weighted by atomic mass is 32.2. The summed E-state index contributed by atoms with van der Waals surface area (Å²) in [6.45, 7) is 0. The molecule has 5 rings (SSSR count). The Bertz CT molecular complexity index is 997. The van der Waals surface area contributed by atoms with Crippen molar-refractivity contribution in [3.05, 3.63) is 108 Å². The number of fused-ring (bicyclic) bond motifs is 3. The third-order valence-corrected chi connectivity index (χ3v) is 6.78. The van der Waals surface area contributed by atoms with Crippen molar-refractivity contribution in [2.45, 2.75) is 26.0 Å². The third-order valence-electron chi connectivity index (χ3n) is 4.78. The van der Waals surface area contributed by atoms with Gasteiger partial charge >= 0.3 is 0 Å². The molecular weight excluding hydrogens is 364 g/mol. The van der Waals surface area contributed by atoms with E-state index in [0.717, 1.165) is 6.42 Å². The molecular formula is C25H18S2. The second-order valence-corrected chi connectivity index (χ2v) is 8.94. The fourth-order valence-electron chi connectivity index (χ4n) is 3.54. The molecule has 0 spiro atoms. The molecule has 0 saturated heterocycles. The van der Waals surface area contributed by atoms with Gasteiger partial charge in [0.1, 0.15) is 0 Å². The van der Waals surface area contributed by atoms with Crippen molar-refractivity contribution >= 4 is 23.5 Å². The molecule has 0 heterocycles. The van der Waals surface area contributed by atoms with Crippen LogP contribution in [0.1, 0.15) is 11.1 Å². The Morgan fingerprint density at radius 3 is 1.33 bits per heavy atom. The molecule has 0 amide bonds. The molecule has 0 unspecified atom stereocenters. The average Bonchev–Trinajstić information content (AvgIpc) is 3.06. The molecule has 2 heteroatoms. The highest BCUT2D eigenvalue weighted by molar-refractivity contribution is 7.99. The van der Waals surface area contributed by atoms with E-state index in [-0.39, 0.29) is 0 Å². The summed E-state index contributed by atoms with van der Waals surface area (Å²) in [5.74, 6) is 0. The van der Waals surface area contributed by atoms with Gasteiger partial charge in [0.05, 0.1) is 0 Å². The van der Waals surface area contributed by atoms with Gasteiger partial charge in [-0.05, 0) is 77.2 Å². The van der Waals surface area contributed by atoms with Crippen LogP contribution in [0.4, 0.5) is 0 Å². The molecule has 0 aromatic heterocycles. The molecule has 0 bridgehead atoms. The summed E-state index contributed by atoms with van der Waals surface area (Å²) in [7, 11) is 0. The Balaban J connectivity index is 1.40. The van der Waals surface area contributed by atoms with Crippen molar-refractivity contribution in [3.8, 4) is 11.1 Å². The average molecular weight is 383 g/mol. The lowest BCUT2D eigenvalue weighted by atomic mass is 10.1. The van der Waals surface area contributed by atoms with Gasteiger partial charge in [0.15, 0.2) is 0 Å². The standard InChI is InChI=1S/C25H18S2/c1-3-7-20(8-4-1)26-22-11-13-24-18(16-22)15-19-17-23(12-14-25(19)24)27-21-9-5-2-6-10-21/h1-14,16-17H,15H2. The number of hydrogen-bond donors (Lipinski definition) is 0. The molecule has 0 aliphatic heterocycles. The molecule has 0 N–H and O–H groups in total. The summed E-state index contributed by atoms with van der Waals surface area (Å²) in [4.78, 5) is 5.20. The molecule has 0 saturated carbocycles. The lowest BCUT2D eigenvalue weighted by Gasteiger charge is -2.06. The van der Waals surface area contributed by atoms with E-state index in [1.165, 1.54) is 41.8 Å². The summed E-state index contributed by atoms with van der Waals surface area (Å²) in [5, 5.41) is 0. The van der Waals surface area contributed by atoms with E-state index in [2.05, 4.69) is 97.1 Å². The minimum absolute atomic E-state index is 1.02. The van der Waals surface area contributed by atoms with Crippen LogP contribution in [0.3, 0.4) is 0 Å². The molecule has 0 radical (unpaired) electrons. The van der Waals surface area contributed by atoms with Gasteiger partial charge in [0.25, 0.3) is 0 Å². The predicted molar refractivity (Wildman–Crippen MR) is 116 cm³/mol. The molecule has 0 atom stereocenters. The van der Waals surface area contributed by atoms with Gasteiger partial charge in [-0.3, -0.25) is 0 Å². The zero-order chi connectivity index (χ0) is 18.1. The Hall–Kier alpha value is -2.42. The SMILES string of the molecule is c1ccc(Sc2ccc3c(c2)Cc2cc(Sc4ccccc4)ccc2-3)cc1. The van der Waals surface area contributed by atoms with Crippen LogP contribution >= 0.6 is 23.5 Å². The summed E-state index contributed by atoms with van der Waals surface area (Å²) in [5.41, 5.74) is 5.65. The molecule has 4 aromatic carbocycles. The quantitative estimate of drug-likeness (QED) is 0.314. The predicted octanol–water partition coefficient (Wildman–Crippen LogP) is 7.56. The monoisotopic (exact) mass is 382 g/mol. The Morgan fingerprint density at radius 1 is 0.444 bits per heavy atom. The van der Waals surface area contributed by atoms with Gasteiger partial charge in [-0.15, -0.1) is 0 Å². The Labute approximate surface area is 168 Å². The van der Waals surface area contributed by atoms with Crippen molar-refractivity contribution < 1.29 is 0 Å². The van der Waals surface area contributed by atoms with E-state index in [0.29, 0.717) is 0 Å². The molecule has 130 valence electrons. The Morgan fingerprint density at radius 2 is 0.889 bits per heavy atom. The van der Waals surface area contributed by atoms with Crippen LogP contribution in [0, 0.1) is 0 Å². The summed E-state index contributed by atoms with van der Waals surface area (Å²) in [6, 6.07) is 35.0. The molecule has 0 nitrogen and oxygen atoms in total. The highest BCUT2D eigenvalue weighted by Crippen LogP contribution is 2.41. The number of hydrogen-bond acceptors (Lipinski definition) is 2. The summed E-state index contributed by atoms with van der Waals surface area (Å²) >= 11 is 3.67. The second-order valence-electron chi connectivity index (χ2n) is 6.64. The molecule has 27 heavy (non-hydrogen) atoms. The second kappa shape index (κ2) is 7.30. The maximum Gasteiger partial charge on any atom is 0.0125 e. The van der Waals surface area contributed by atoms with Gasteiger partial charge in [-0.2, -0.15) is 0 Å². The van der Waals surface area contributed by atoms with Gasteiger partial charge < -0.3 is 0 Å². The van der Waals surface area contributed by atoms with Crippen LogP contribution in [0.5, 0.6) is 0 Å². The fraction of sp³-hybridized carbons (Fsp3) is 0.0400. The van der Waals surface area contributed by atoms with Crippen LogP contribution in [-0.4, -0.2) is 0 Å². The van der Waals surface area contributed by atoms with E-state index < -0.39 is 0 Å². The van der Waals surface area contributed by atoms with Crippen molar-refractivity contribution in [1.82, 2.24) is 0 Å². The van der Waals surface area contributed by atoms with Crippen molar-refractivity contribution in [1.29, 1.82) is 0 Å². The first-order valence-electron chi connectivity index (χ1n) is 9.07. The minimum atomic E-state index is 1.02. The normalized spacial score (nSPS) is 11.9. The summed E-state index contributed by atoms with van der Waals surface area (Å²) in [6.07, 6.45) is 1.02. The Kier molecular flexibility index (Phi) is 4.52. The van der Waals surface area contributed by atoms with Crippen molar-refractivity contribution in [2.75, 3.05) is 0 Å². The minimum Gasteiger partial charge on any atom is -0.0901 e. The largest absolute Gasteiger partial charge is 0.0901 e. The van der Waals surface area contributed by atoms with Crippen LogP contribution in [0.15, 0.2) is 117 Å². The van der Waals surface area contributed by atoms with E-state index in [1.54, 1.807) is 0 Å². The smallest absolute Gasteiger partial charge is 0.0125 e. The lowest BCUT2D eigenvalue weighted by molar-refractivity contribution is 1.22. The third kappa shape index (κ3) is 3.55. The van der Waals surface area contributed by atoms with E-state index in [4.69, 9.17) is 0 Å². The molecule has 0 fully saturated rings. The van der Waals surface area contributed by atoms with Gasteiger partial charge in [-0.25, -0.2) is 0 Å². The topological polar surface area (TPSA) is 0 Å². The first-order chi connectivity index (χ1) is 13.3. The van der Waals surface area contributed by atoms with E-state index in [1.807, 2.05) is 23.5 Å². The first kappa shape index (κ1) is 16.7. The van der Waals surface area contributed by atoms with Gasteiger partial charge in [-0.1, -0.05) is 72.1 Å². The highest BCUT2D eigenvalue weighted by Gasteiger charge is 2.19. The van der Waals surface area contributed by atoms with Gasteiger partial charge in [0, 0.05) is 19.6 Å².